The number of fused-ring (bicyclic) bond motifs is 1. The summed E-state index contributed by atoms with van der Waals surface area (Å²) in [5, 5.41) is 5.07. The molecule has 0 atom stereocenters. The zero-order valence-electron chi connectivity index (χ0n) is 20.2. The Morgan fingerprint density at radius 2 is 1.63 bits per heavy atom. The average molecular weight is 474 g/mol. The van der Waals surface area contributed by atoms with Gasteiger partial charge in [-0.25, -0.2) is 4.68 Å². The fourth-order valence-corrected chi connectivity index (χ4v) is 4.10. The van der Waals surface area contributed by atoms with Crippen LogP contribution in [0.15, 0.2) is 59.4 Å². The molecule has 0 fully saturated rings. The number of aryl methyl sites for hydroxylation is 1. The molecule has 4 aromatic rings. The minimum absolute atomic E-state index is 0.0519. The van der Waals surface area contributed by atoms with Gasteiger partial charge in [0, 0.05) is 28.5 Å². The van der Waals surface area contributed by atoms with Gasteiger partial charge in [0.15, 0.2) is 5.69 Å². The molecule has 2 amide bonds. The van der Waals surface area contributed by atoms with Crippen LogP contribution in [-0.4, -0.2) is 33.3 Å². The van der Waals surface area contributed by atoms with Crippen molar-refractivity contribution in [2.75, 3.05) is 7.11 Å². The summed E-state index contributed by atoms with van der Waals surface area (Å²) in [5.74, 6) is -0.386. The molecule has 2 aromatic heterocycles. The second kappa shape index (κ2) is 9.46. The van der Waals surface area contributed by atoms with Crippen LogP contribution in [0.1, 0.15) is 52.1 Å². The lowest BCUT2D eigenvalue weighted by atomic mass is 10.1. The number of nitrogens with zero attached hydrogens (tertiary/aromatic N) is 3. The molecule has 0 spiro atoms. The van der Waals surface area contributed by atoms with E-state index in [1.165, 1.54) is 4.68 Å². The van der Waals surface area contributed by atoms with Gasteiger partial charge in [0.2, 0.25) is 0 Å². The van der Waals surface area contributed by atoms with Crippen LogP contribution in [0.4, 0.5) is 0 Å². The number of nitrogens with one attached hydrogen (secondary N) is 2. The first kappa shape index (κ1) is 23.7. The van der Waals surface area contributed by atoms with Crippen molar-refractivity contribution in [1.82, 2.24) is 25.2 Å². The molecule has 9 heteroatoms. The Kier molecular flexibility index (Phi) is 6.42. The molecule has 0 aliphatic heterocycles. The molecule has 9 nitrogen and oxygen atoms in total. The van der Waals surface area contributed by atoms with E-state index in [9.17, 15) is 14.4 Å². The van der Waals surface area contributed by atoms with Crippen molar-refractivity contribution in [3.8, 4) is 11.4 Å². The third kappa shape index (κ3) is 4.40. The predicted octanol–water partition coefficient (Wildman–Crippen LogP) is 3.47. The van der Waals surface area contributed by atoms with Crippen LogP contribution in [0, 0.1) is 13.8 Å². The molecule has 2 heterocycles. The van der Waals surface area contributed by atoms with Gasteiger partial charge in [0.25, 0.3) is 17.4 Å². The molecular formula is C26H27N5O4. The maximum absolute atomic E-state index is 13.0. The molecular weight excluding hydrogens is 446 g/mol. The van der Waals surface area contributed by atoms with Gasteiger partial charge in [-0.3, -0.25) is 25.2 Å². The number of carbonyl (C=O) groups excluding carboxylic acids is 2. The van der Waals surface area contributed by atoms with E-state index in [2.05, 4.69) is 16.0 Å². The molecule has 0 radical (unpaired) electrons. The van der Waals surface area contributed by atoms with Gasteiger partial charge in [0.05, 0.1) is 24.1 Å². The smallest absolute Gasteiger partial charge is 0.290 e. The van der Waals surface area contributed by atoms with E-state index in [0.717, 1.165) is 11.4 Å². The number of amides is 2. The van der Waals surface area contributed by atoms with Crippen LogP contribution >= 0.6 is 0 Å². The second-order valence-corrected chi connectivity index (χ2v) is 8.47. The third-order valence-electron chi connectivity index (χ3n) is 5.81. The zero-order chi connectivity index (χ0) is 25.3. The first-order valence-electron chi connectivity index (χ1n) is 11.2. The van der Waals surface area contributed by atoms with Gasteiger partial charge < -0.3 is 9.30 Å². The molecule has 0 saturated heterocycles. The van der Waals surface area contributed by atoms with Crippen LogP contribution in [-0.2, 0) is 0 Å². The number of benzene rings is 2. The summed E-state index contributed by atoms with van der Waals surface area (Å²) in [4.78, 5) is 38.7. The van der Waals surface area contributed by atoms with Crippen LogP contribution < -0.4 is 21.1 Å². The van der Waals surface area contributed by atoms with E-state index in [4.69, 9.17) is 4.74 Å². The van der Waals surface area contributed by atoms with Gasteiger partial charge in [0.1, 0.15) is 5.75 Å². The van der Waals surface area contributed by atoms with Crippen LogP contribution in [0.3, 0.4) is 0 Å². The quantitative estimate of drug-likeness (QED) is 0.432. The summed E-state index contributed by atoms with van der Waals surface area (Å²) < 4.78 is 8.51. The van der Waals surface area contributed by atoms with E-state index in [0.29, 0.717) is 27.8 Å². The maximum atomic E-state index is 13.0. The maximum Gasteiger partial charge on any atom is 0.290 e. The fourth-order valence-electron chi connectivity index (χ4n) is 4.10. The standard InChI is InChI=1S/C26H27N5O4/c1-15(2)31-26(34)21-12-7-6-11-20(21)23(29-31)25(33)28-27-24(32)22-13-16(3)30(17(22)4)18-9-8-10-19(14-18)35-5/h6-15H,1-5H3,(H,27,32)(H,28,33). The topological polar surface area (TPSA) is 107 Å². The first-order chi connectivity index (χ1) is 16.7. The van der Waals surface area contributed by atoms with Crippen molar-refractivity contribution < 1.29 is 14.3 Å². The summed E-state index contributed by atoms with van der Waals surface area (Å²) in [6.45, 7) is 7.35. The highest BCUT2D eigenvalue weighted by atomic mass is 16.5. The number of methoxy groups -OCH3 is 1. The molecule has 0 aliphatic rings. The molecule has 4 rings (SSSR count). The van der Waals surface area contributed by atoms with Gasteiger partial charge in [-0.1, -0.05) is 24.3 Å². The fraction of sp³-hybridized carbons (Fsp3) is 0.231. The van der Waals surface area contributed by atoms with Gasteiger partial charge in [-0.05, 0) is 52.0 Å². The average Bonchev–Trinajstić information content (AvgIpc) is 3.16. The Balaban J connectivity index is 1.60. The van der Waals surface area contributed by atoms with Crippen LogP contribution in [0.2, 0.25) is 0 Å². The SMILES string of the molecule is COc1cccc(-n2c(C)cc(C(=O)NNC(=O)c3nn(C(C)C)c(=O)c4ccccc34)c2C)c1. The van der Waals surface area contributed by atoms with E-state index < -0.39 is 11.8 Å². The molecule has 0 bridgehead atoms. The van der Waals surface area contributed by atoms with Crippen molar-refractivity contribution in [2.45, 2.75) is 33.7 Å². The lowest BCUT2D eigenvalue weighted by molar-refractivity contribution is 0.0843. The largest absolute Gasteiger partial charge is 0.497 e. The van der Waals surface area contributed by atoms with E-state index in [-0.39, 0.29) is 17.3 Å². The highest BCUT2D eigenvalue weighted by molar-refractivity contribution is 6.06. The number of aromatic nitrogens is 3. The number of carbonyl (C=O) groups is 2. The van der Waals surface area contributed by atoms with E-state index >= 15 is 0 Å². The number of rotatable bonds is 5. The highest BCUT2D eigenvalue weighted by Gasteiger charge is 2.21. The Morgan fingerprint density at radius 3 is 2.31 bits per heavy atom. The Bertz CT molecular complexity index is 1500. The van der Waals surface area contributed by atoms with Gasteiger partial charge in [-0.2, -0.15) is 5.10 Å². The second-order valence-electron chi connectivity index (χ2n) is 8.47. The Morgan fingerprint density at radius 1 is 0.943 bits per heavy atom. The minimum atomic E-state index is -0.620. The van der Waals surface area contributed by atoms with Gasteiger partial charge >= 0.3 is 0 Å². The summed E-state index contributed by atoms with van der Waals surface area (Å²) in [6.07, 6.45) is 0. The minimum Gasteiger partial charge on any atom is -0.497 e. The molecule has 35 heavy (non-hydrogen) atoms. The third-order valence-corrected chi connectivity index (χ3v) is 5.81. The molecule has 0 saturated carbocycles. The normalized spacial score (nSPS) is 11.0. The summed E-state index contributed by atoms with van der Waals surface area (Å²) >= 11 is 0. The predicted molar refractivity (Wildman–Crippen MR) is 133 cm³/mol. The molecule has 2 aromatic carbocycles. The Labute approximate surface area is 202 Å². The first-order valence-corrected chi connectivity index (χ1v) is 11.2. The molecule has 0 aliphatic carbocycles. The van der Waals surface area contributed by atoms with Crippen LogP contribution in [0.5, 0.6) is 5.75 Å². The van der Waals surface area contributed by atoms with Crippen molar-refractivity contribution in [1.29, 1.82) is 0 Å². The molecule has 0 unspecified atom stereocenters. The van der Waals surface area contributed by atoms with Crippen LogP contribution in [0.25, 0.3) is 16.5 Å². The van der Waals surface area contributed by atoms with Gasteiger partial charge in [-0.15, -0.1) is 0 Å². The monoisotopic (exact) mass is 473 g/mol. The summed E-state index contributed by atoms with van der Waals surface area (Å²) in [5.41, 5.74) is 7.52. The lowest BCUT2D eigenvalue weighted by Crippen LogP contribution is -2.43. The van der Waals surface area contributed by atoms with E-state index in [1.54, 1.807) is 37.4 Å². The molecule has 2 N–H and O–H groups in total. The molecule has 180 valence electrons. The summed E-state index contributed by atoms with van der Waals surface area (Å²) in [6, 6.07) is 15.8. The number of ether oxygens (including phenoxy) is 1. The van der Waals surface area contributed by atoms with Crippen molar-refractivity contribution in [3.05, 3.63) is 87.6 Å². The van der Waals surface area contributed by atoms with Crippen molar-refractivity contribution >= 4 is 22.6 Å². The van der Waals surface area contributed by atoms with Crippen molar-refractivity contribution in [2.24, 2.45) is 0 Å². The van der Waals surface area contributed by atoms with Crippen molar-refractivity contribution in [3.63, 3.8) is 0 Å². The number of hydrogen-bond acceptors (Lipinski definition) is 5. The highest BCUT2D eigenvalue weighted by Crippen LogP contribution is 2.23. The Hall–Kier alpha value is -4.40. The summed E-state index contributed by atoms with van der Waals surface area (Å²) in [7, 11) is 1.60. The number of hydrazine groups is 1. The lowest BCUT2D eigenvalue weighted by Gasteiger charge is -2.14. The zero-order valence-corrected chi connectivity index (χ0v) is 20.2. The van der Waals surface area contributed by atoms with E-state index in [1.807, 2.05) is 56.5 Å². The number of hydrogen-bond donors (Lipinski definition) is 2.